The van der Waals surface area contributed by atoms with Crippen LogP contribution in [0.3, 0.4) is 0 Å². The van der Waals surface area contributed by atoms with E-state index in [1.54, 1.807) is 23.1 Å². The Bertz CT molecular complexity index is 981. The molecule has 1 aromatic heterocycles. The first kappa shape index (κ1) is 24.1. The predicted molar refractivity (Wildman–Crippen MR) is 122 cm³/mol. The largest absolute Gasteiger partial charge is 0.377 e. The van der Waals surface area contributed by atoms with Crippen LogP contribution < -0.4 is 16.3 Å². The first-order valence-corrected chi connectivity index (χ1v) is 11.5. The first-order valence-electron chi connectivity index (χ1n) is 10.8. The summed E-state index contributed by atoms with van der Waals surface area (Å²) in [7, 11) is 0. The van der Waals surface area contributed by atoms with Crippen molar-refractivity contribution in [2.75, 3.05) is 19.6 Å². The predicted octanol–water partition coefficient (Wildman–Crippen LogP) is 3.05. The molecule has 1 aliphatic carbocycles. The lowest BCUT2D eigenvalue weighted by Gasteiger charge is -2.33. The molecule has 32 heavy (non-hydrogen) atoms. The molecule has 0 aliphatic heterocycles. The van der Waals surface area contributed by atoms with Crippen molar-refractivity contribution in [3.63, 3.8) is 0 Å². The molecule has 0 unspecified atom stereocenters. The quantitative estimate of drug-likeness (QED) is 0.463. The van der Waals surface area contributed by atoms with Crippen molar-refractivity contribution < 1.29 is 9.59 Å². The summed E-state index contributed by atoms with van der Waals surface area (Å²) in [5.41, 5.74) is -0.568. The number of halogens is 2. The summed E-state index contributed by atoms with van der Waals surface area (Å²) in [6, 6.07) is 4.00. The van der Waals surface area contributed by atoms with Gasteiger partial charge in [0, 0.05) is 25.7 Å². The van der Waals surface area contributed by atoms with E-state index in [4.69, 9.17) is 23.2 Å². The van der Waals surface area contributed by atoms with Gasteiger partial charge in [-0.05, 0) is 48.7 Å². The summed E-state index contributed by atoms with van der Waals surface area (Å²) in [4.78, 5) is 39.5. The Morgan fingerprint density at radius 2 is 1.81 bits per heavy atom. The lowest BCUT2D eigenvalue weighted by Crippen LogP contribution is -2.48. The van der Waals surface area contributed by atoms with Crippen LogP contribution in [0.2, 0.25) is 10.0 Å². The van der Waals surface area contributed by atoms with Crippen LogP contribution in [-0.2, 0) is 0 Å². The maximum Gasteiger partial charge on any atom is 0.377 e. The number of rotatable bonds is 7. The molecule has 3 amide bonds. The average Bonchev–Trinajstić information content (AvgIpc) is 3.15. The number of hydrogen-bond donors (Lipinski definition) is 2. The molecule has 2 aromatic rings. The normalized spacial score (nSPS) is 14.2. The van der Waals surface area contributed by atoms with Gasteiger partial charge in [-0.1, -0.05) is 48.5 Å². The molecule has 0 atom stereocenters. The summed E-state index contributed by atoms with van der Waals surface area (Å²) >= 11 is 12.4. The van der Waals surface area contributed by atoms with Gasteiger partial charge < -0.3 is 15.5 Å². The van der Waals surface area contributed by atoms with Gasteiger partial charge in [0.1, 0.15) is 5.69 Å². The third kappa shape index (κ3) is 5.60. The van der Waals surface area contributed by atoms with E-state index in [1.165, 1.54) is 0 Å². The highest BCUT2D eigenvalue weighted by Crippen LogP contribution is 2.26. The zero-order chi connectivity index (χ0) is 23.1. The summed E-state index contributed by atoms with van der Waals surface area (Å²) in [5, 5.41) is 13.5. The van der Waals surface area contributed by atoms with Gasteiger partial charge in [-0.2, -0.15) is 4.68 Å². The van der Waals surface area contributed by atoms with E-state index in [9.17, 15) is 14.4 Å². The Morgan fingerprint density at radius 1 is 1.12 bits per heavy atom. The zero-order valence-electron chi connectivity index (χ0n) is 17.9. The van der Waals surface area contributed by atoms with Crippen LogP contribution in [0.1, 0.15) is 45.4 Å². The number of benzene rings is 1. The number of nitrogens with zero attached hydrogens (tertiary/aromatic N) is 5. The molecule has 1 aromatic carbocycles. The second kappa shape index (κ2) is 11.3. The van der Waals surface area contributed by atoms with E-state index in [0.717, 1.165) is 41.5 Å². The van der Waals surface area contributed by atoms with E-state index in [2.05, 4.69) is 21.1 Å². The summed E-state index contributed by atoms with van der Waals surface area (Å²) in [5.74, 6) is 0. The highest BCUT2D eigenvalue weighted by molar-refractivity contribution is 6.37. The minimum atomic E-state index is -0.744. The van der Waals surface area contributed by atoms with Crippen LogP contribution in [0.5, 0.6) is 0 Å². The number of aromatic nitrogens is 4. The molecular weight excluding hydrogens is 457 g/mol. The van der Waals surface area contributed by atoms with Crippen molar-refractivity contribution in [3.05, 3.63) is 38.7 Å². The van der Waals surface area contributed by atoms with Gasteiger partial charge in [-0.3, -0.25) is 0 Å². The van der Waals surface area contributed by atoms with Crippen LogP contribution in [0.25, 0.3) is 5.69 Å². The number of hydrogen-bond acceptors (Lipinski definition) is 5. The summed E-state index contributed by atoms with van der Waals surface area (Å²) < 4.78 is 1.67. The van der Waals surface area contributed by atoms with Crippen molar-refractivity contribution in [1.82, 2.24) is 35.3 Å². The van der Waals surface area contributed by atoms with Crippen LogP contribution in [-0.4, -0.2) is 62.4 Å². The van der Waals surface area contributed by atoms with Gasteiger partial charge in [-0.15, -0.1) is 4.68 Å². The molecule has 1 saturated carbocycles. The first-order chi connectivity index (χ1) is 15.4. The number of carbonyl (C=O) groups is 2. The molecule has 12 heteroatoms. The van der Waals surface area contributed by atoms with Gasteiger partial charge in [0.2, 0.25) is 0 Å². The minimum absolute atomic E-state index is 0.00155. The number of carbonyl (C=O) groups excluding carboxylic acids is 2. The van der Waals surface area contributed by atoms with Crippen LogP contribution >= 0.6 is 23.2 Å². The highest BCUT2D eigenvalue weighted by atomic mass is 35.5. The molecule has 1 fully saturated rings. The Labute approximate surface area is 195 Å². The van der Waals surface area contributed by atoms with Gasteiger partial charge in [0.25, 0.3) is 0 Å². The van der Waals surface area contributed by atoms with Crippen LogP contribution in [0.15, 0.2) is 23.0 Å². The second-order valence-corrected chi connectivity index (χ2v) is 8.38. The molecule has 0 radical (unpaired) electrons. The Morgan fingerprint density at radius 3 is 2.47 bits per heavy atom. The van der Waals surface area contributed by atoms with Gasteiger partial charge >= 0.3 is 17.8 Å². The molecule has 1 heterocycles. The lowest BCUT2D eigenvalue weighted by molar-refractivity contribution is 0.152. The van der Waals surface area contributed by atoms with E-state index in [0.29, 0.717) is 26.1 Å². The Kier molecular flexibility index (Phi) is 8.52. The summed E-state index contributed by atoms with van der Waals surface area (Å²) in [6.45, 7) is 3.15. The molecule has 0 bridgehead atoms. The van der Waals surface area contributed by atoms with E-state index >= 15 is 0 Å². The summed E-state index contributed by atoms with van der Waals surface area (Å²) in [6.07, 6.45) is 5.41. The number of para-hydroxylation sites is 1. The second-order valence-electron chi connectivity index (χ2n) is 7.56. The number of nitrogens with one attached hydrogen (secondary N) is 2. The lowest BCUT2D eigenvalue weighted by atomic mass is 9.94. The topological polar surface area (TPSA) is 114 Å². The number of amides is 3. The Balaban J connectivity index is 1.79. The monoisotopic (exact) mass is 483 g/mol. The maximum atomic E-state index is 13.3. The number of tetrazole rings is 1. The molecule has 174 valence electrons. The molecule has 1 aliphatic rings. The van der Waals surface area contributed by atoms with Gasteiger partial charge in [0.05, 0.1) is 10.0 Å². The smallest absolute Gasteiger partial charge is 0.338 e. The fourth-order valence-corrected chi connectivity index (χ4v) is 4.38. The average molecular weight is 484 g/mol. The van der Waals surface area contributed by atoms with Crippen molar-refractivity contribution in [1.29, 1.82) is 0 Å². The molecule has 3 rings (SSSR count). The number of urea groups is 1. The van der Waals surface area contributed by atoms with Gasteiger partial charge in [-0.25, -0.2) is 14.4 Å². The molecule has 0 spiro atoms. The van der Waals surface area contributed by atoms with Crippen molar-refractivity contribution in [3.8, 4) is 5.69 Å². The molecule has 2 N–H and O–H groups in total. The van der Waals surface area contributed by atoms with Crippen molar-refractivity contribution in [2.45, 2.75) is 51.5 Å². The molecule has 0 saturated heterocycles. The Hall–Kier alpha value is -2.59. The molecule has 10 nitrogen and oxygen atoms in total. The molecular formula is C20H27Cl2N7O3. The zero-order valence-corrected chi connectivity index (χ0v) is 19.4. The standard InChI is InChI=1S/C20H27Cl2N7O3/c1-2-23-18(30)24-12-7-13-27(14-8-4-3-5-9-14)19(31)29-20(32)28(25-26-29)17-15(21)10-6-11-16(17)22/h6,10-11,14H,2-5,7-9,12-13H2,1H3,(H2,23,24,30). The van der Waals surface area contributed by atoms with Gasteiger partial charge in [0.15, 0.2) is 0 Å². The fourth-order valence-electron chi connectivity index (χ4n) is 3.82. The SMILES string of the molecule is CCNC(=O)NCCCN(C(=O)n1nnn(-c2c(Cl)cccc2Cl)c1=O)C1CCCCC1. The van der Waals surface area contributed by atoms with Crippen molar-refractivity contribution in [2.24, 2.45) is 0 Å². The van der Waals surface area contributed by atoms with Crippen LogP contribution in [0, 0.1) is 0 Å². The van der Waals surface area contributed by atoms with E-state index in [1.807, 2.05) is 6.92 Å². The van der Waals surface area contributed by atoms with E-state index < -0.39 is 11.7 Å². The van der Waals surface area contributed by atoms with Crippen molar-refractivity contribution >= 4 is 35.3 Å². The third-order valence-corrected chi connectivity index (χ3v) is 5.98. The minimum Gasteiger partial charge on any atom is -0.338 e. The third-order valence-electron chi connectivity index (χ3n) is 5.37. The van der Waals surface area contributed by atoms with Crippen LogP contribution in [0.4, 0.5) is 9.59 Å². The van der Waals surface area contributed by atoms with E-state index in [-0.39, 0.29) is 27.8 Å². The fraction of sp³-hybridized carbons (Fsp3) is 0.550. The maximum absolute atomic E-state index is 13.3. The highest BCUT2D eigenvalue weighted by Gasteiger charge is 2.29.